The zero-order valence-corrected chi connectivity index (χ0v) is 15.8. The Bertz CT molecular complexity index is 868. The van der Waals surface area contributed by atoms with Crippen LogP contribution < -0.4 is 5.32 Å². The van der Waals surface area contributed by atoms with E-state index in [1.54, 1.807) is 6.92 Å². The molecule has 0 bridgehead atoms. The predicted molar refractivity (Wildman–Crippen MR) is 95.7 cm³/mol. The Labute approximate surface area is 165 Å². The van der Waals surface area contributed by atoms with Crippen LogP contribution in [-0.2, 0) is 30.4 Å². The number of carbonyl (C=O) groups excluding carboxylic acids is 3. The van der Waals surface area contributed by atoms with E-state index < -0.39 is 29.6 Å². The van der Waals surface area contributed by atoms with Gasteiger partial charge in [-0.05, 0) is 13.0 Å². The number of halogens is 2. The fourth-order valence-electron chi connectivity index (χ4n) is 2.69. The summed E-state index contributed by atoms with van der Waals surface area (Å²) in [6.45, 7) is 1.04. The Morgan fingerprint density at radius 2 is 2.07 bits per heavy atom. The summed E-state index contributed by atoms with van der Waals surface area (Å²) >= 11 is 0. The van der Waals surface area contributed by atoms with E-state index >= 15 is 0 Å². The summed E-state index contributed by atoms with van der Waals surface area (Å²) in [6, 6.07) is 2.90. The molecule has 2 N–H and O–H groups in total. The molecule has 10 heteroatoms. The molecule has 1 atom stereocenters. The lowest BCUT2D eigenvalue weighted by atomic mass is 10.0. The van der Waals surface area contributed by atoms with E-state index in [1.807, 2.05) is 0 Å². The predicted octanol–water partition coefficient (Wildman–Crippen LogP) is 0.761. The molecule has 29 heavy (non-hydrogen) atoms. The molecule has 156 valence electrons. The summed E-state index contributed by atoms with van der Waals surface area (Å²) in [5, 5.41) is 12.9. The first-order chi connectivity index (χ1) is 13.8. The van der Waals surface area contributed by atoms with Crippen LogP contribution in [0.3, 0.4) is 0 Å². The maximum atomic E-state index is 13.7. The van der Waals surface area contributed by atoms with Gasteiger partial charge in [0.15, 0.2) is 11.5 Å². The monoisotopic (exact) mass is 410 g/mol. The van der Waals surface area contributed by atoms with E-state index in [0.717, 1.165) is 17.2 Å². The number of nitrogens with one attached hydrogen (secondary N) is 1. The molecule has 2 rings (SSSR count). The SMILES string of the molecule is CCOC(=O)C1=C(OC)C(O)C(C(=O)NCc2ccc(F)cc2F)=CN1CC=O. The smallest absolute Gasteiger partial charge is 0.358 e. The minimum atomic E-state index is -1.62. The largest absolute Gasteiger partial charge is 0.495 e. The Hall–Kier alpha value is -3.27. The van der Waals surface area contributed by atoms with Gasteiger partial charge in [-0.3, -0.25) is 4.79 Å². The lowest BCUT2D eigenvalue weighted by Crippen LogP contribution is -2.40. The van der Waals surface area contributed by atoms with Gasteiger partial charge in [0.1, 0.15) is 24.0 Å². The summed E-state index contributed by atoms with van der Waals surface area (Å²) in [7, 11) is 1.19. The second-order valence-electron chi connectivity index (χ2n) is 5.86. The second kappa shape index (κ2) is 9.78. The van der Waals surface area contributed by atoms with Crippen LogP contribution in [0.25, 0.3) is 0 Å². The third-order valence-electron chi connectivity index (χ3n) is 4.04. The Kier molecular flexibility index (Phi) is 7.43. The molecule has 1 aromatic carbocycles. The van der Waals surface area contributed by atoms with Crippen molar-refractivity contribution in [2.75, 3.05) is 20.3 Å². The summed E-state index contributed by atoms with van der Waals surface area (Å²) in [6.07, 6.45) is -0.0192. The first-order valence-corrected chi connectivity index (χ1v) is 8.61. The molecule has 0 saturated heterocycles. The van der Waals surface area contributed by atoms with Crippen LogP contribution in [0.4, 0.5) is 8.78 Å². The third-order valence-corrected chi connectivity index (χ3v) is 4.04. The highest BCUT2D eigenvalue weighted by Gasteiger charge is 2.36. The van der Waals surface area contributed by atoms with Gasteiger partial charge >= 0.3 is 5.97 Å². The number of methoxy groups -OCH3 is 1. The van der Waals surface area contributed by atoms with E-state index in [9.17, 15) is 28.3 Å². The molecule has 0 fully saturated rings. The molecular weight excluding hydrogens is 390 g/mol. The van der Waals surface area contributed by atoms with Crippen LogP contribution in [0.5, 0.6) is 0 Å². The topological polar surface area (TPSA) is 105 Å². The summed E-state index contributed by atoms with van der Waals surface area (Å²) in [4.78, 5) is 36.9. The number of nitrogens with zero attached hydrogens (tertiary/aromatic N) is 1. The Morgan fingerprint density at radius 1 is 1.34 bits per heavy atom. The van der Waals surface area contributed by atoms with Crippen molar-refractivity contribution in [3.63, 3.8) is 0 Å². The molecular formula is C19H20F2N2O6. The second-order valence-corrected chi connectivity index (χ2v) is 5.86. The van der Waals surface area contributed by atoms with Crippen LogP contribution in [0.15, 0.2) is 41.4 Å². The van der Waals surface area contributed by atoms with Gasteiger partial charge in [0.05, 0.1) is 25.8 Å². The van der Waals surface area contributed by atoms with Gasteiger partial charge in [-0.15, -0.1) is 0 Å². The van der Waals surface area contributed by atoms with Crippen molar-refractivity contribution in [3.8, 4) is 0 Å². The number of amides is 1. The van der Waals surface area contributed by atoms with Crippen molar-refractivity contribution in [2.24, 2.45) is 0 Å². The van der Waals surface area contributed by atoms with Gasteiger partial charge in [-0.25, -0.2) is 13.6 Å². The summed E-state index contributed by atoms with van der Waals surface area (Å²) in [5.41, 5.74) is -0.417. The van der Waals surface area contributed by atoms with Crippen molar-refractivity contribution in [2.45, 2.75) is 19.6 Å². The van der Waals surface area contributed by atoms with Crippen LogP contribution >= 0.6 is 0 Å². The lowest BCUT2D eigenvalue weighted by Gasteiger charge is -2.31. The summed E-state index contributed by atoms with van der Waals surface area (Å²) in [5.74, 6) is -3.50. The van der Waals surface area contributed by atoms with E-state index in [1.165, 1.54) is 13.2 Å². The minimum Gasteiger partial charge on any atom is -0.495 e. The molecule has 1 unspecified atom stereocenters. The lowest BCUT2D eigenvalue weighted by molar-refractivity contribution is -0.141. The van der Waals surface area contributed by atoms with Gasteiger partial charge in [-0.2, -0.15) is 0 Å². The van der Waals surface area contributed by atoms with Gasteiger partial charge in [0.25, 0.3) is 5.91 Å². The molecule has 1 amide bonds. The van der Waals surface area contributed by atoms with E-state index in [2.05, 4.69) is 5.32 Å². The van der Waals surface area contributed by atoms with Crippen LogP contribution in [0, 0.1) is 11.6 Å². The van der Waals surface area contributed by atoms with Crippen molar-refractivity contribution in [3.05, 3.63) is 58.6 Å². The van der Waals surface area contributed by atoms with Gasteiger partial charge in [-0.1, -0.05) is 6.07 Å². The van der Waals surface area contributed by atoms with Crippen LogP contribution in [-0.4, -0.2) is 54.5 Å². The van der Waals surface area contributed by atoms with Gasteiger partial charge in [0.2, 0.25) is 0 Å². The molecule has 1 aliphatic heterocycles. The zero-order valence-electron chi connectivity index (χ0n) is 15.8. The van der Waals surface area contributed by atoms with Crippen LogP contribution in [0.1, 0.15) is 12.5 Å². The number of benzene rings is 1. The minimum absolute atomic E-state index is 0.0325. The van der Waals surface area contributed by atoms with Crippen molar-refractivity contribution < 1.29 is 37.7 Å². The first kappa shape index (κ1) is 22.0. The number of aliphatic hydroxyl groups is 1. The highest BCUT2D eigenvalue weighted by Crippen LogP contribution is 2.27. The molecule has 0 saturated carbocycles. The number of aldehydes is 1. The fraction of sp³-hybridized carbons (Fsp3) is 0.316. The normalized spacial score (nSPS) is 16.2. The Morgan fingerprint density at radius 3 is 2.66 bits per heavy atom. The molecule has 0 spiro atoms. The zero-order chi connectivity index (χ0) is 21.6. The van der Waals surface area contributed by atoms with Gasteiger partial charge in [0, 0.05) is 24.4 Å². The standard InChI is InChI=1S/C19H20F2N2O6/c1-3-29-19(27)15-17(28-2)16(25)13(10-23(15)6-7-24)18(26)22-9-11-4-5-12(20)8-14(11)21/h4-5,7-8,10,16,25H,3,6,9H2,1-2H3,(H,22,26). The van der Waals surface area contributed by atoms with E-state index in [4.69, 9.17) is 9.47 Å². The summed E-state index contributed by atoms with van der Waals surface area (Å²) < 4.78 is 36.7. The maximum absolute atomic E-state index is 13.7. The number of hydrogen-bond donors (Lipinski definition) is 2. The quantitative estimate of drug-likeness (QED) is 0.482. The highest BCUT2D eigenvalue weighted by molar-refractivity contribution is 5.97. The third kappa shape index (κ3) is 4.96. The number of esters is 1. The molecule has 1 aromatic rings. The number of aliphatic hydroxyl groups excluding tert-OH is 1. The highest BCUT2D eigenvalue weighted by atomic mass is 19.1. The van der Waals surface area contributed by atoms with Crippen molar-refractivity contribution in [1.82, 2.24) is 10.2 Å². The maximum Gasteiger partial charge on any atom is 0.358 e. The van der Waals surface area contributed by atoms with Gasteiger partial charge < -0.3 is 29.6 Å². The number of ether oxygens (including phenoxy) is 2. The molecule has 8 nitrogen and oxygen atoms in total. The average Bonchev–Trinajstić information content (AvgIpc) is 2.68. The first-order valence-electron chi connectivity index (χ1n) is 8.61. The molecule has 0 radical (unpaired) electrons. The van der Waals surface area contributed by atoms with Crippen molar-refractivity contribution in [1.29, 1.82) is 0 Å². The number of carbonyl (C=O) groups is 3. The molecule has 0 aromatic heterocycles. The fourth-order valence-corrected chi connectivity index (χ4v) is 2.69. The number of hydrogen-bond acceptors (Lipinski definition) is 7. The molecule has 1 aliphatic rings. The number of rotatable bonds is 8. The van der Waals surface area contributed by atoms with Crippen molar-refractivity contribution >= 4 is 18.2 Å². The van der Waals surface area contributed by atoms with E-state index in [0.29, 0.717) is 12.4 Å². The average molecular weight is 410 g/mol. The van der Waals surface area contributed by atoms with Crippen LogP contribution in [0.2, 0.25) is 0 Å². The molecule has 1 heterocycles. The Balaban J connectivity index is 2.27. The van der Waals surface area contributed by atoms with E-state index in [-0.39, 0.29) is 42.3 Å². The molecule has 0 aliphatic carbocycles.